The summed E-state index contributed by atoms with van der Waals surface area (Å²) < 4.78 is 40.5. The lowest BCUT2D eigenvalue weighted by Gasteiger charge is -2.13. The molecule has 0 atom stereocenters. The molecule has 0 unspecified atom stereocenters. The Morgan fingerprint density at radius 2 is 2.12 bits per heavy atom. The highest BCUT2D eigenvalue weighted by molar-refractivity contribution is 7.13. The Labute approximate surface area is 143 Å². The molecule has 0 aliphatic rings. The Kier molecular flexibility index (Phi) is 4.34. The van der Waals surface area contributed by atoms with Crippen molar-refractivity contribution >= 4 is 22.9 Å². The number of alkyl halides is 3. The van der Waals surface area contributed by atoms with Crippen molar-refractivity contribution in [2.75, 3.05) is 6.54 Å². The SMILES string of the molecule is CCNC(=O)c1cnc2cc(C(F)(F)F)cc(-c3cccs3)n2c1=O. The normalized spacial score (nSPS) is 11.7. The molecular weight excluding hydrogens is 355 g/mol. The van der Waals surface area contributed by atoms with Crippen LogP contribution in [0, 0.1) is 0 Å². The monoisotopic (exact) mass is 367 g/mol. The number of halogens is 3. The van der Waals surface area contributed by atoms with Gasteiger partial charge in [0, 0.05) is 12.7 Å². The van der Waals surface area contributed by atoms with E-state index < -0.39 is 23.2 Å². The number of aromatic nitrogens is 2. The lowest BCUT2D eigenvalue weighted by molar-refractivity contribution is -0.137. The first-order chi connectivity index (χ1) is 11.8. The number of thiophene rings is 1. The van der Waals surface area contributed by atoms with Gasteiger partial charge in [0.05, 0.1) is 16.1 Å². The number of fused-ring (bicyclic) bond motifs is 1. The summed E-state index contributed by atoms with van der Waals surface area (Å²) in [4.78, 5) is 29.1. The molecule has 1 amide bonds. The first-order valence-electron chi connectivity index (χ1n) is 7.28. The number of carbonyl (C=O) groups excluding carboxylic acids is 1. The van der Waals surface area contributed by atoms with Crippen LogP contribution in [0.25, 0.3) is 16.2 Å². The second kappa shape index (κ2) is 6.32. The van der Waals surface area contributed by atoms with Crippen molar-refractivity contribution in [1.29, 1.82) is 0 Å². The lowest BCUT2D eigenvalue weighted by Crippen LogP contribution is -2.32. The number of amides is 1. The Hall–Kier alpha value is -2.68. The predicted molar refractivity (Wildman–Crippen MR) is 87.8 cm³/mol. The van der Waals surface area contributed by atoms with Crippen LogP contribution in [0.2, 0.25) is 0 Å². The zero-order valence-electron chi connectivity index (χ0n) is 12.9. The van der Waals surface area contributed by atoms with Crippen LogP contribution >= 0.6 is 11.3 Å². The number of carbonyl (C=O) groups is 1. The molecule has 9 heteroatoms. The zero-order valence-corrected chi connectivity index (χ0v) is 13.7. The van der Waals surface area contributed by atoms with Crippen molar-refractivity contribution < 1.29 is 18.0 Å². The maximum absolute atomic E-state index is 13.2. The largest absolute Gasteiger partial charge is 0.416 e. The summed E-state index contributed by atoms with van der Waals surface area (Å²) in [5.41, 5.74) is -1.97. The van der Waals surface area contributed by atoms with Gasteiger partial charge in [-0.25, -0.2) is 4.98 Å². The molecular formula is C16H12F3N3O2S. The Bertz CT molecular complexity index is 994. The van der Waals surface area contributed by atoms with Crippen LogP contribution in [0.4, 0.5) is 13.2 Å². The molecule has 130 valence electrons. The summed E-state index contributed by atoms with van der Waals surface area (Å²) >= 11 is 1.19. The van der Waals surface area contributed by atoms with Crippen molar-refractivity contribution in [2.24, 2.45) is 0 Å². The van der Waals surface area contributed by atoms with E-state index in [2.05, 4.69) is 10.3 Å². The lowest BCUT2D eigenvalue weighted by atomic mass is 10.1. The highest BCUT2D eigenvalue weighted by Crippen LogP contribution is 2.34. The fourth-order valence-electron chi connectivity index (χ4n) is 2.38. The first kappa shape index (κ1) is 17.2. The molecule has 3 heterocycles. The summed E-state index contributed by atoms with van der Waals surface area (Å²) in [6, 6.07) is 4.95. The van der Waals surface area contributed by atoms with Gasteiger partial charge in [0.15, 0.2) is 0 Å². The standard InChI is InChI=1S/C16H12F3N3O2S/c1-2-20-14(23)10-8-21-13-7-9(16(17,18)19)6-11(22(13)15(10)24)12-4-3-5-25-12/h3-8H,2H2,1H3,(H,20,23). The zero-order chi connectivity index (χ0) is 18.2. The Morgan fingerprint density at radius 1 is 1.36 bits per heavy atom. The molecule has 1 N–H and O–H groups in total. The van der Waals surface area contributed by atoms with Crippen molar-refractivity contribution in [2.45, 2.75) is 13.1 Å². The second-order valence-electron chi connectivity index (χ2n) is 5.13. The van der Waals surface area contributed by atoms with Crippen LogP contribution in [0.15, 0.2) is 40.6 Å². The summed E-state index contributed by atoms with van der Waals surface area (Å²) in [5, 5.41) is 4.18. The molecule has 0 saturated carbocycles. The minimum Gasteiger partial charge on any atom is -0.352 e. The minimum absolute atomic E-state index is 0.0449. The Balaban J connectivity index is 2.36. The molecule has 5 nitrogen and oxygen atoms in total. The molecule has 3 aromatic rings. The van der Waals surface area contributed by atoms with Gasteiger partial charge in [-0.05, 0) is 30.5 Å². The fraction of sp³-hybridized carbons (Fsp3) is 0.188. The van der Waals surface area contributed by atoms with E-state index in [9.17, 15) is 22.8 Å². The van der Waals surface area contributed by atoms with Crippen LogP contribution in [0.1, 0.15) is 22.8 Å². The molecule has 0 bridgehead atoms. The third-order valence-corrected chi connectivity index (χ3v) is 4.38. The number of rotatable bonds is 3. The average Bonchev–Trinajstić information content (AvgIpc) is 3.07. The van der Waals surface area contributed by atoms with Gasteiger partial charge in [-0.2, -0.15) is 13.2 Å². The summed E-state index contributed by atoms with van der Waals surface area (Å²) in [5.74, 6) is -0.619. The molecule has 0 aromatic carbocycles. The number of hydrogen-bond acceptors (Lipinski definition) is 4. The maximum Gasteiger partial charge on any atom is 0.416 e. The highest BCUT2D eigenvalue weighted by atomic mass is 32.1. The van der Waals surface area contributed by atoms with Crippen molar-refractivity contribution in [3.05, 3.63) is 57.3 Å². The minimum atomic E-state index is -4.58. The second-order valence-corrected chi connectivity index (χ2v) is 6.08. The van der Waals surface area contributed by atoms with Crippen molar-refractivity contribution in [3.8, 4) is 10.6 Å². The van der Waals surface area contributed by atoms with E-state index in [-0.39, 0.29) is 16.9 Å². The van der Waals surface area contributed by atoms with Crippen LogP contribution < -0.4 is 10.9 Å². The first-order valence-corrected chi connectivity index (χ1v) is 8.16. The van der Waals surface area contributed by atoms with E-state index >= 15 is 0 Å². The van der Waals surface area contributed by atoms with E-state index in [1.807, 2.05) is 0 Å². The topological polar surface area (TPSA) is 63.5 Å². The third-order valence-electron chi connectivity index (χ3n) is 3.49. The molecule has 0 spiro atoms. The third kappa shape index (κ3) is 3.14. The van der Waals surface area contributed by atoms with Gasteiger partial charge in [0.25, 0.3) is 11.5 Å². The van der Waals surface area contributed by atoms with E-state index in [0.29, 0.717) is 11.4 Å². The fourth-order valence-corrected chi connectivity index (χ4v) is 3.11. The Morgan fingerprint density at radius 3 is 2.72 bits per heavy atom. The molecule has 0 fully saturated rings. The molecule has 0 saturated heterocycles. The average molecular weight is 367 g/mol. The maximum atomic E-state index is 13.2. The number of nitrogens with zero attached hydrogens (tertiary/aromatic N) is 2. The molecule has 0 radical (unpaired) electrons. The summed E-state index contributed by atoms with van der Waals surface area (Å²) in [6.07, 6.45) is -3.58. The number of nitrogens with one attached hydrogen (secondary N) is 1. The van der Waals surface area contributed by atoms with E-state index in [1.54, 1.807) is 24.4 Å². The smallest absolute Gasteiger partial charge is 0.352 e. The van der Waals surface area contributed by atoms with Gasteiger partial charge in [0.1, 0.15) is 11.2 Å². The highest BCUT2D eigenvalue weighted by Gasteiger charge is 2.32. The molecule has 0 aliphatic carbocycles. The van der Waals surface area contributed by atoms with Gasteiger partial charge in [-0.1, -0.05) is 6.07 Å². The molecule has 3 aromatic heterocycles. The quantitative estimate of drug-likeness (QED) is 0.773. The number of pyridine rings is 1. The van der Waals surface area contributed by atoms with Gasteiger partial charge in [-0.15, -0.1) is 11.3 Å². The summed E-state index contributed by atoms with van der Waals surface area (Å²) in [6.45, 7) is 2.00. The van der Waals surface area contributed by atoms with E-state index in [1.165, 1.54) is 11.3 Å². The van der Waals surface area contributed by atoms with Gasteiger partial charge in [-0.3, -0.25) is 14.0 Å². The van der Waals surface area contributed by atoms with Crippen LogP contribution in [-0.2, 0) is 6.18 Å². The van der Waals surface area contributed by atoms with Crippen molar-refractivity contribution in [1.82, 2.24) is 14.7 Å². The van der Waals surface area contributed by atoms with Gasteiger partial charge in [0.2, 0.25) is 0 Å². The van der Waals surface area contributed by atoms with E-state index in [0.717, 1.165) is 22.7 Å². The van der Waals surface area contributed by atoms with Gasteiger partial charge < -0.3 is 5.32 Å². The summed E-state index contributed by atoms with van der Waals surface area (Å²) in [7, 11) is 0. The predicted octanol–water partition coefficient (Wildman–Crippen LogP) is 3.19. The van der Waals surface area contributed by atoms with Crippen LogP contribution in [0.5, 0.6) is 0 Å². The van der Waals surface area contributed by atoms with E-state index in [4.69, 9.17) is 0 Å². The van der Waals surface area contributed by atoms with Crippen molar-refractivity contribution in [3.63, 3.8) is 0 Å². The van der Waals surface area contributed by atoms with Gasteiger partial charge >= 0.3 is 6.18 Å². The molecule has 0 aliphatic heterocycles. The molecule has 25 heavy (non-hydrogen) atoms. The van der Waals surface area contributed by atoms with Crippen LogP contribution in [0.3, 0.4) is 0 Å². The molecule has 3 rings (SSSR count). The van der Waals surface area contributed by atoms with Crippen LogP contribution in [-0.4, -0.2) is 21.8 Å². The number of hydrogen-bond donors (Lipinski definition) is 1.